The van der Waals surface area contributed by atoms with Crippen LogP contribution in [-0.2, 0) is 16.1 Å². The number of hydrogen-bond donors (Lipinski definition) is 2. The number of nitrogen functional groups attached to an aromatic ring is 1. The normalized spacial score (nSPS) is 15.6. The molecule has 0 saturated carbocycles. The number of carbonyl (C=O) groups excluding carboxylic acids is 2. The minimum absolute atomic E-state index is 0.00923. The Kier molecular flexibility index (Phi) is 3.91. The van der Waals surface area contributed by atoms with Gasteiger partial charge in [0.05, 0.1) is 6.61 Å². The van der Waals surface area contributed by atoms with Crippen LogP contribution >= 0.6 is 0 Å². The molecule has 2 amide bonds. The van der Waals surface area contributed by atoms with Crippen molar-refractivity contribution in [2.45, 2.75) is 6.54 Å². The molecule has 0 radical (unpaired) electrons. The summed E-state index contributed by atoms with van der Waals surface area (Å²) in [5.74, 6) is 4.70. The third-order valence-corrected chi connectivity index (χ3v) is 2.80. The molecule has 0 aromatic heterocycles. The number of nitrogens with zero attached hydrogens (tertiary/aromatic N) is 1. The standard InChI is InChI=1S/C12H15N3O3/c13-14-12(17)10-3-1-9(2-4-10)7-15-5-6-18-8-11(15)16/h1-4H,5-8,13H2,(H,14,17). The third kappa shape index (κ3) is 2.85. The highest BCUT2D eigenvalue weighted by Crippen LogP contribution is 2.09. The van der Waals surface area contributed by atoms with Crippen LogP contribution < -0.4 is 11.3 Å². The van der Waals surface area contributed by atoms with Gasteiger partial charge in [0.25, 0.3) is 5.91 Å². The third-order valence-electron chi connectivity index (χ3n) is 2.80. The first-order valence-corrected chi connectivity index (χ1v) is 5.66. The van der Waals surface area contributed by atoms with Gasteiger partial charge in [0.15, 0.2) is 0 Å². The van der Waals surface area contributed by atoms with Crippen LogP contribution in [0.3, 0.4) is 0 Å². The van der Waals surface area contributed by atoms with E-state index in [1.54, 1.807) is 17.0 Å². The first-order chi connectivity index (χ1) is 8.70. The number of hydrogen-bond acceptors (Lipinski definition) is 4. The van der Waals surface area contributed by atoms with E-state index in [1.807, 2.05) is 12.1 Å². The quantitative estimate of drug-likeness (QED) is 0.435. The predicted octanol–water partition coefficient (Wildman–Crippen LogP) is -0.351. The Morgan fingerprint density at radius 2 is 2.11 bits per heavy atom. The number of ether oxygens (including phenoxy) is 1. The highest BCUT2D eigenvalue weighted by molar-refractivity contribution is 5.93. The van der Waals surface area contributed by atoms with Crippen molar-refractivity contribution in [1.82, 2.24) is 10.3 Å². The second-order valence-corrected chi connectivity index (χ2v) is 4.04. The summed E-state index contributed by atoms with van der Waals surface area (Å²) in [4.78, 5) is 24.5. The molecule has 1 heterocycles. The van der Waals surface area contributed by atoms with E-state index in [0.29, 0.717) is 25.3 Å². The van der Waals surface area contributed by atoms with Crippen LogP contribution in [0.2, 0.25) is 0 Å². The Bertz CT molecular complexity index is 444. The van der Waals surface area contributed by atoms with Gasteiger partial charge in [-0.25, -0.2) is 5.84 Å². The fourth-order valence-electron chi connectivity index (χ4n) is 1.78. The molecule has 2 rings (SSSR count). The number of amides is 2. The first-order valence-electron chi connectivity index (χ1n) is 5.66. The highest BCUT2D eigenvalue weighted by atomic mass is 16.5. The number of morpholine rings is 1. The van der Waals surface area contributed by atoms with E-state index in [1.165, 1.54) is 0 Å². The zero-order valence-electron chi connectivity index (χ0n) is 9.89. The molecule has 6 nitrogen and oxygen atoms in total. The molecule has 1 saturated heterocycles. The topological polar surface area (TPSA) is 84.7 Å². The van der Waals surface area contributed by atoms with E-state index in [4.69, 9.17) is 10.6 Å². The molecule has 3 N–H and O–H groups in total. The van der Waals surface area contributed by atoms with E-state index in [-0.39, 0.29) is 18.4 Å². The summed E-state index contributed by atoms with van der Waals surface area (Å²) in [7, 11) is 0. The van der Waals surface area contributed by atoms with Crippen molar-refractivity contribution >= 4 is 11.8 Å². The van der Waals surface area contributed by atoms with Crippen molar-refractivity contribution in [1.29, 1.82) is 0 Å². The van der Waals surface area contributed by atoms with E-state index >= 15 is 0 Å². The molecular weight excluding hydrogens is 234 g/mol. The summed E-state index contributed by atoms with van der Waals surface area (Å²) in [5.41, 5.74) is 3.54. The number of carbonyl (C=O) groups is 2. The van der Waals surface area contributed by atoms with Crippen molar-refractivity contribution in [3.05, 3.63) is 35.4 Å². The number of nitrogens with two attached hydrogens (primary N) is 1. The van der Waals surface area contributed by atoms with Gasteiger partial charge >= 0.3 is 0 Å². The lowest BCUT2D eigenvalue weighted by Gasteiger charge is -2.26. The number of hydrazine groups is 1. The molecule has 18 heavy (non-hydrogen) atoms. The van der Waals surface area contributed by atoms with Crippen LogP contribution in [0.15, 0.2) is 24.3 Å². The summed E-state index contributed by atoms with van der Waals surface area (Å²) < 4.78 is 5.06. The minimum Gasteiger partial charge on any atom is -0.370 e. The molecule has 0 unspecified atom stereocenters. The fraction of sp³-hybridized carbons (Fsp3) is 0.333. The average Bonchev–Trinajstić information content (AvgIpc) is 2.41. The fourth-order valence-corrected chi connectivity index (χ4v) is 1.78. The van der Waals surface area contributed by atoms with Gasteiger partial charge in [0.2, 0.25) is 5.91 Å². The number of benzene rings is 1. The Balaban J connectivity index is 2.01. The molecule has 0 aliphatic carbocycles. The Labute approximate surface area is 105 Å². The maximum atomic E-state index is 11.5. The first kappa shape index (κ1) is 12.5. The lowest BCUT2D eigenvalue weighted by Crippen LogP contribution is -2.40. The molecule has 1 aromatic carbocycles. The number of nitrogens with one attached hydrogen (secondary N) is 1. The number of rotatable bonds is 3. The van der Waals surface area contributed by atoms with Gasteiger partial charge in [0, 0.05) is 18.7 Å². The Morgan fingerprint density at radius 3 is 2.72 bits per heavy atom. The van der Waals surface area contributed by atoms with Crippen molar-refractivity contribution in [2.24, 2.45) is 5.84 Å². The van der Waals surface area contributed by atoms with Crippen LogP contribution in [0.1, 0.15) is 15.9 Å². The largest absolute Gasteiger partial charge is 0.370 e. The molecule has 6 heteroatoms. The Morgan fingerprint density at radius 1 is 1.39 bits per heavy atom. The van der Waals surface area contributed by atoms with Gasteiger partial charge in [-0.05, 0) is 17.7 Å². The molecule has 96 valence electrons. The molecule has 0 spiro atoms. The van der Waals surface area contributed by atoms with Crippen molar-refractivity contribution in [3.63, 3.8) is 0 Å². The van der Waals surface area contributed by atoms with Crippen LogP contribution in [0.4, 0.5) is 0 Å². The van der Waals surface area contributed by atoms with Gasteiger partial charge in [0.1, 0.15) is 6.61 Å². The van der Waals surface area contributed by atoms with Crippen molar-refractivity contribution in [3.8, 4) is 0 Å². The molecule has 1 aromatic rings. The molecular formula is C12H15N3O3. The maximum Gasteiger partial charge on any atom is 0.265 e. The molecule has 1 aliphatic rings. The van der Waals surface area contributed by atoms with E-state index in [9.17, 15) is 9.59 Å². The SMILES string of the molecule is NNC(=O)c1ccc(CN2CCOCC2=O)cc1. The zero-order valence-corrected chi connectivity index (χ0v) is 9.89. The average molecular weight is 249 g/mol. The predicted molar refractivity (Wildman–Crippen MR) is 64.3 cm³/mol. The van der Waals surface area contributed by atoms with Gasteiger partial charge in [-0.1, -0.05) is 12.1 Å². The summed E-state index contributed by atoms with van der Waals surface area (Å²) in [6, 6.07) is 6.99. The summed E-state index contributed by atoms with van der Waals surface area (Å²) in [6.45, 7) is 1.85. The van der Waals surface area contributed by atoms with E-state index < -0.39 is 0 Å². The minimum atomic E-state index is -0.330. The van der Waals surface area contributed by atoms with Crippen LogP contribution in [0.25, 0.3) is 0 Å². The van der Waals surface area contributed by atoms with E-state index in [0.717, 1.165) is 5.56 Å². The maximum absolute atomic E-state index is 11.5. The lowest BCUT2D eigenvalue weighted by atomic mass is 10.1. The second-order valence-electron chi connectivity index (χ2n) is 4.04. The lowest BCUT2D eigenvalue weighted by molar-refractivity contribution is -0.143. The summed E-state index contributed by atoms with van der Waals surface area (Å²) >= 11 is 0. The van der Waals surface area contributed by atoms with Gasteiger partial charge in [-0.15, -0.1) is 0 Å². The molecule has 0 bridgehead atoms. The Hall–Kier alpha value is -1.92. The van der Waals surface area contributed by atoms with Gasteiger partial charge in [-0.2, -0.15) is 0 Å². The van der Waals surface area contributed by atoms with Crippen molar-refractivity contribution < 1.29 is 14.3 Å². The second kappa shape index (κ2) is 5.61. The highest BCUT2D eigenvalue weighted by Gasteiger charge is 2.18. The smallest absolute Gasteiger partial charge is 0.265 e. The van der Waals surface area contributed by atoms with Gasteiger partial charge < -0.3 is 9.64 Å². The summed E-state index contributed by atoms with van der Waals surface area (Å²) in [6.07, 6.45) is 0. The summed E-state index contributed by atoms with van der Waals surface area (Å²) in [5, 5.41) is 0. The molecule has 1 aliphatic heterocycles. The zero-order chi connectivity index (χ0) is 13.0. The molecule has 1 fully saturated rings. The van der Waals surface area contributed by atoms with Crippen LogP contribution in [0.5, 0.6) is 0 Å². The van der Waals surface area contributed by atoms with Crippen LogP contribution in [0, 0.1) is 0 Å². The van der Waals surface area contributed by atoms with Gasteiger partial charge in [-0.3, -0.25) is 15.0 Å². The monoisotopic (exact) mass is 249 g/mol. The van der Waals surface area contributed by atoms with Crippen molar-refractivity contribution in [2.75, 3.05) is 19.8 Å². The molecule has 0 atom stereocenters. The van der Waals surface area contributed by atoms with Crippen LogP contribution in [-0.4, -0.2) is 36.5 Å². The van der Waals surface area contributed by atoms with E-state index in [2.05, 4.69) is 5.43 Å².